The molecular formula is C30H28FNO3. The van der Waals surface area contributed by atoms with Gasteiger partial charge in [0.15, 0.2) is 0 Å². The van der Waals surface area contributed by atoms with Gasteiger partial charge in [-0.1, -0.05) is 66.7 Å². The highest BCUT2D eigenvalue weighted by molar-refractivity contribution is 5.89. The summed E-state index contributed by atoms with van der Waals surface area (Å²) in [5, 5.41) is 15.4. The number of halogens is 1. The molecule has 35 heavy (non-hydrogen) atoms. The van der Waals surface area contributed by atoms with E-state index < -0.39 is 11.8 Å². The van der Waals surface area contributed by atoms with Gasteiger partial charge in [-0.25, -0.2) is 9.18 Å². The van der Waals surface area contributed by atoms with Crippen LogP contribution in [0.3, 0.4) is 0 Å². The lowest BCUT2D eigenvalue weighted by molar-refractivity contribution is 0.0695. The largest absolute Gasteiger partial charge is 0.489 e. The summed E-state index contributed by atoms with van der Waals surface area (Å²) >= 11 is 0. The number of nitrogens with one attached hydrogen (secondary N) is 1. The van der Waals surface area contributed by atoms with Crippen LogP contribution in [0.1, 0.15) is 57.9 Å². The Labute approximate surface area is 204 Å². The van der Waals surface area contributed by atoms with Gasteiger partial charge in [0.05, 0.1) is 5.56 Å². The van der Waals surface area contributed by atoms with Crippen LogP contribution in [0.2, 0.25) is 0 Å². The van der Waals surface area contributed by atoms with Crippen molar-refractivity contribution < 1.29 is 19.0 Å². The Morgan fingerprint density at radius 3 is 2.60 bits per heavy atom. The lowest BCUT2D eigenvalue weighted by atomic mass is 9.82. The van der Waals surface area contributed by atoms with Gasteiger partial charge < -0.3 is 15.2 Å². The van der Waals surface area contributed by atoms with E-state index in [-0.39, 0.29) is 29.2 Å². The number of aromatic carboxylic acids is 1. The maximum Gasteiger partial charge on any atom is 0.336 e. The molecule has 1 aliphatic heterocycles. The molecule has 178 valence electrons. The van der Waals surface area contributed by atoms with Crippen molar-refractivity contribution in [3.05, 3.63) is 112 Å². The number of para-hydroxylation sites is 1. The molecule has 3 atom stereocenters. The second-order valence-electron chi connectivity index (χ2n) is 9.21. The normalized spacial score (nSPS) is 18.0. The van der Waals surface area contributed by atoms with Crippen molar-refractivity contribution in [2.75, 3.05) is 6.54 Å². The average molecular weight is 470 g/mol. The monoisotopic (exact) mass is 469 g/mol. The first-order valence-electron chi connectivity index (χ1n) is 11.9. The molecule has 0 saturated heterocycles. The van der Waals surface area contributed by atoms with Crippen LogP contribution in [-0.2, 0) is 0 Å². The Bertz CT molecular complexity index is 1390. The van der Waals surface area contributed by atoms with Gasteiger partial charge in [0, 0.05) is 24.1 Å². The van der Waals surface area contributed by atoms with Crippen molar-refractivity contribution in [3.63, 3.8) is 0 Å². The number of hydrogen-bond acceptors (Lipinski definition) is 3. The van der Waals surface area contributed by atoms with E-state index in [0.29, 0.717) is 18.5 Å². The van der Waals surface area contributed by atoms with Crippen LogP contribution in [0, 0.1) is 12.7 Å². The van der Waals surface area contributed by atoms with Gasteiger partial charge in [-0.15, -0.1) is 0 Å². The van der Waals surface area contributed by atoms with Gasteiger partial charge in [0.1, 0.15) is 17.7 Å². The lowest BCUT2D eigenvalue weighted by Gasteiger charge is -2.34. The van der Waals surface area contributed by atoms with Crippen LogP contribution in [-0.4, -0.2) is 23.7 Å². The van der Waals surface area contributed by atoms with E-state index in [4.69, 9.17) is 4.74 Å². The molecule has 4 aromatic rings. The van der Waals surface area contributed by atoms with Crippen LogP contribution in [0.15, 0.2) is 78.9 Å². The van der Waals surface area contributed by atoms with Crippen molar-refractivity contribution in [3.8, 4) is 5.75 Å². The van der Waals surface area contributed by atoms with Gasteiger partial charge in [-0.2, -0.15) is 0 Å². The van der Waals surface area contributed by atoms with Crippen molar-refractivity contribution in [2.45, 2.75) is 38.3 Å². The Balaban J connectivity index is 1.40. The summed E-state index contributed by atoms with van der Waals surface area (Å²) in [6, 6.07) is 25.6. The minimum atomic E-state index is -1.12. The van der Waals surface area contributed by atoms with Crippen molar-refractivity contribution in [1.82, 2.24) is 5.32 Å². The fourth-order valence-electron chi connectivity index (χ4n) is 5.17. The first-order valence-corrected chi connectivity index (χ1v) is 11.9. The minimum Gasteiger partial charge on any atom is -0.489 e. The van der Waals surface area contributed by atoms with Crippen molar-refractivity contribution in [1.29, 1.82) is 0 Å². The maximum atomic E-state index is 15.4. The summed E-state index contributed by atoms with van der Waals surface area (Å²) < 4.78 is 21.7. The van der Waals surface area contributed by atoms with E-state index in [1.54, 1.807) is 6.07 Å². The topological polar surface area (TPSA) is 58.6 Å². The quantitative estimate of drug-likeness (QED) is 0.333. The van der Waals surface area contributed by atoms with Gasteiger partial charge >= 0.3 is 5.97 Å². The Hall–Kier alpha value is -3.70. The van der Waals surface area contributed by atoms with E-state index in [9.17, 15) is 9.90 Å². The predicted octanol–water partition coefficient (Wildman–Crippen LogP) is 6.62. The van der Waals surface area contributed by atoms with Crippen molar-refractivity contribution in [2.24, 2.45) is 0 Å². The van der Waals surface area contributed by atoms with Crippen LogP contribution in [0.4, 0.5) is 4.39 Å². The number of fused-ring (bicyclic) bond motifs is 2. The zero-order chi connectivity index (χ0) is 24.5. The van der Waals surface area contributed by atoms with Crippen LogP contribution < -0.4 is 10.1 Å². The molecule has 0 radical (unpaired) electrons. The first kappa shape index (κ1) is 23.1. The Morgan fingerprint density at radius 1 is 1.03 bits per heavy atom. The molecule has 0 aromatic heterocycles. The third kappa shape index (κ3) is 4.40. The van der Waals surface area contributed by atoms with Gasteiger partial charge in [-0.05, 0) is 59.9 Å². The Kier molecular flexibility index (Phi) is 6.27. The number of carboxylic acids is 1. The minimum absolute atomic E-state index is 0.00581. The standard InChI is InChI=1S/C30H28FNO3/c1-18-22(30(33)34)14-15-26(29(18)31)27-16-21(35-28-13-6-5-11-25(27)28)17-32-19(2)23-12-7-9-20-8-3-4-10-24(20)23/h3-15,19,21,27,32H,16-17H2,1-2H3,(H,33,34)/t19-,21-,27-/m1/s1. The highest BCUT2D eigenvalue weighted by Crippen LogP contribution is 2.42. The molecule has 0 spiro atoms. The first-order chi connectivity index (χ1) is 16.9. The molecule has 0 aliphatic carbocycles. The van der Waals surface area contributed by atoms with Gasteiger partial charge in [-0.3, -0.25) is 0 Å². The average Bonchev–Trinajstić information content (AvgIpc) is 2.88. The number of ether oxygens (including phenoxy) is 1. The molecule has 4 nitrogen and oxygen atoms in total. The maximum absolute atomic E-state index is 15.4. The molecule has 2 N–H and O–H groups in total. The molecule has 5 rings (SSSR count). The molecule has 1 heterocycles. The van der Waals surface area contributed by atoms with Gasteiger partial charge in [0.2, 0.25) is 0 Å². The number of rotatable bonds is 6. The molecule has 0 saturated carbocycles. The number of hydrogen-bond donors (Lipinski definition) is 2. The van der Waals surface area contributed by atoms with E-state index >= 15 is 4.39 Å². The number of benzene rings is 4. The zero-order valence-corrected chi connectivity index (χ0v) is 19.8. The summed E-state index contributed by atoms with van der Waals surface area (Å²) in [7, 11) is 0. The smallest absolute Gasteiger partial charge is 0.336 e. The SMILES string of the molecule is Cc1c(C(=O)O)ccc([C@@H]2C[C@H](CN[C@H](C)c3cccc4ccccc34)Oc3ccccc32)c1F. The van der Waals surface area contributed by atoms with Crippen molar-refractivity contribution >= 4 is 16.7 Å². The molecule has 0 fully saturated rings. The summed E-state index contributed by atoms with van der Waals surface area (Å²) in [5.74, 6) is -1.05. The molecule has 1 aliphatic rings. The second kappa shape index (κ2) is 9.51. The summed E-state index contributed by atoms with van der Waals surface area (Å²) in [6.45, 7) is 4.27. The molecular weight excluding hydrogens is 441 g/mol. The van der Waals surface area contributed by atoms with Crippen LogP contribution in [0.25, 0.3) is 10.8 Å². The van der Waals surface area contributed by atoms with E-state index in [1.165, 1.54) is 29.3 Å². The van der Waals surface area contributed by atoms with Gasteiger partial charge in [0.25, 0.3) is 0 Å². The summed E-state index contributed by atoms with van der Waals surface area (Å²) in [4.78, 5) is 11.5. The van der Waals surface area contributed by atoms with Crippen LogP contribution >= 0.6 is 0 Å². The fraction of sp³-hybridized carbons (Fsp3) is 0.233. The second-order valence-corrected chi connectivity index (χ2v) is 9.21. The highest BCUT2D eigenvalue weighted by atomic mass is 19.1. The summed E-state index contributed by atoms with van der Waals surface area (Å²) in [5.41, 5.74) is 2.82. The Morgan fingerprint density at radius 2 is 1.77 bits per heavy atom. The molecule has 4 aromatic carbocycles. The van der Waals surface area contributed by atoms with E-state index in [2.05, 4.69) is 48.6 Å². The number of carbonyl (C=O) groups is 1. The number of carboxylic acid groups (broad SMARTS) is 1. The zero-order valence-electron chi connectivity index (χ0n) is 19.8. The molecule has 0 amide bonds. The third-order valence-corrected chi connectivity index (χ3v) is 7.05. The fourth-order valence-corrected chi connectivity index (χ4v) is 5.17. The summed E-state index contributed by atoms with van der Waals surface area (Å²) in [6.07, 6.45) is 0.431. The molecule has 0 bridgehead atoms. The van der Waals surface area contributed by atoms with Crippen LogP contribution in [0.5, 0.6) is 5.75 Å². The molecule has 0 unspecified atom stereocenters. The van der Waals surface area contributed by atoms with E-state index in [1.807, 2.05) is 30.3 Å². The molecule has 5 heteroatoms. The predicted molar refractivity (Wildman–Crippen MR) is 136 cm³/mol. The lowest BCUT2D eigenvalue weighted by Crippen LogP contribution is -2.37. The van der Waals surface area contributed by atoms with E-state index in [0.717, 1.165) is 11.3 Å². The highest BCUT2D eigenvalue weighted by Gasteiger charge is 2.32. The third-order valence-electron chi connectivity index (χ3n) is 7.05.